The van der Waals surface area contributed by atoms with Gasteiger partial charge in [-0.2, -0.15) is 0 Å². The number of pyridine rings is 1. The molecule has 0 amide bonds. The molecule has 20 heavy (non-hydrogen) atoms. The second-order valence-corrected chi connectivity index (χ2v) is 5.68. The van der Waals surface area contributed by atoms with Gasteiger partial charge in [0, 0.05) is 24.2 Å². The van der Waals surface area contributed by atoms with E-state index < -0.39 is 0 Å². The van der Waals surface area contributed by atoms with Crippen LogP contribution < -0.4 is 0 Å². The third kappa shape index (κ3) is 1.75. The number of benzene rings is 1. The zero-order valence-corrected chi connectivity index (χ0v) is 12.8. The van der Waals surface area contributed by atoms with Crippen LogP contribution in [0, 0.1) is 27.7 Å². The molecule has 0 saturated carbocycles. The Bertz CT molecular complexity index is 748. The van der Waals surface area contributed by atoms with Gasteiger partial charge < -0.3 is 4.57 Å². The third-order valence-electron chi connectivity index (χ3n) is 4.11. The maximum atomic E-state index is 4.53. The lowest BCUT2D eigenvalue weighted by Gasteiger charge is -2.14. The zero-order valence-electron chi connectivity index (χ0n) is 12.8. The minimum atomic E-state index is 1.05. The Morgan fingerprint density at radius 2 is 1.65 bits per heavy atom. The SMILES string of the molecule is Cc1cc(C)c(-c2c(C)c3cccnc3n2C)c(C)c1. The molecule has 3 rings (SSSR count). The molecule has 0 aliphatic carbocycles. The van der Waals surface area contributed by atoms with Gasteiger partial charge >= 0.3 is 0 Å². The highest BCUT2D eigenvalue weighted by molar-refractivity contribution is 5.90. The van der Waals surface area contributed by atoms with Gasteiger partial charge in [0.25, 0.3) is 0 Å². The van der Waals surface area contributed by atoms with Gasteiger partial charge in [-0.05, 0) is 56.5 Å². The summed E-state index contributed by atoms with van der Waals surface area (Å²) >= 11 is 0. The summed E-state index contributed by atoms with van der Waals surface area (Å²) in [7, 11) is 2.11. The second kappa shape index (κ2) is 4.48. The normalized spacial score (nSPS) is 11.2. The van der Waals surface area contributed by atoms with Gasteiger partial charge in [0.05, 0.1) is 5.69 Å². The highest BCUT2D eigenvalue weighted by atomic mass is 15.0. The molecule has 1 aromatic carbocycles. The van der Waals surface area contributed by atoms with E-state index in [-0.39, 0.29) is 0 Å². The van der Waals surface area contributed by atoms with Gasteiger partial charge in [0.2, 0.25) is 0 Å². The molecule has 0 radical (unpaired) electrons. The molecule has 0 aliphatic heterocycles. The topological polar surface area (TPSA) is 17.8 Å². The van der Waals surface area contributed by atoms with Crippen molar-refractivity contribution in [3.05, 3.63) is 52.7 Å². The molecule has 2 heteroatoms. The molecule has 0 aliphatic rings. The summed E-state index contributed by atoms with van der Waals surface area (Å²) < 4.78 is 2.22. The number of fused-ring (bicyclic) bond motifs is 1. The zero-order chi connectivity index (χ0) is 14.4. The Morgan fingerprint density at radius 1 is 1.00 bits per heavy atom. The molecule has 102 valence electrons. The fourth-order valence-corrected chi connectivity index (χ4v) is 3.35. The molecule has 2 heterocycles. The molecular weight excluding hydrogens is 244 g/mol. The standard InChI is InChI=1S/C18H20N2/c1-11-9-12(2)16(13(3)10-11)17-14(4)15-7-6-8-19-18(15)20(17)5/h6-10H,1-5H3. The quantitative estimate of drug-likeness (QED) is 0.634. The molecule has 2 nitrogen and oxygen atoms in total. The van der Waals surface area contributed by atoms with E-state index in [4.69, 9.17) is 0 Å². The van der Waals surface area contributed by atoms with Crippen molar-refractivity contribution >= 4 is 11.0 Å². The molecule has 0 atom stereocenters. The van der Waals surface area contributed by atoms with Crippen LogP contribution in [-0.2, 0) is 7.05 Å². The first-order valence-electron chi connectivity index (χ1n) is 6.99. The average Bonchev–Trinajstić information content (AvgIpc) is 2.64. The van der Waals surface area contributed by atoms with Crippen LogP contribution in [-0.4, -0.2) is 9.55 Å². The smallest absolute Gasteiger partial charge is 0.140 e. The predicted octanol–water partition coefficient (Wildman–Crippen LogP) is 4.47. The van der Waals surface area contributed by atoms with E-state index in [9.17, 15) is 0 Å². The number of aryl methyl sites for hydroxylation is 5. The van der Waals surface area contributed by atoms with Crippen LogP contribution in [0.4, 0.5) is 0 Å². The maximum absolute atomic E-state index is 4.53. The van der Waals surface area contributed by atoms with Gasteiger partial charge in [-0.1, -0.05) is 17.7 Å². The summed E-state index contributed by atoms with van der Waals surface area (Å²) in [5.41, 5.74) is 8.97. The van der Waals surface area contributed by atoms with E-state index in [2.05, 4.69) is 62.5 Å². The monoisotopic (exact) mass is 264 g/mol. The third-order valence-corrected chi connectivity index (χ3v) is 4.11. The summed E-state index contributed by atoms with van der Waals surface area (Å²) in [5.74, 6) is 0. The van der Waals surface area contributed by atoms with Gasteiger partial charge in [0.1, 0.15) is 5.65 Å². The van der Waals surface area contributed by atoms with Crippen LogP contribution >= 0.6 is 0 Å². The molecule has 0 unspecified atom stereocenters. The Hall–Kier alpha value is -2.09. The fourth-order valence-electron chi connectivity index (χ4n) is 3.35. The van der Waals surface area contributed by atoms with Crippen LogP contribution in [0.15, 0.2) is 30.5 Å². The number of hydrogen-bond acceptors (Lipinski definition) is 1. The van der Waals surface area contributed by atoms with Crippen LogP contribution in [0.3, 0.4) is 0 Å². The highest BCUT2D eigenvalue weighted by Gasteiger charge is 2.17. The fraction of sp³-hybridized carbons (Fsp3) is 0.278. The highest BCUT2D eigenvalue weighted by Crippen LogP contribution is 2.35. The van der Waals surface area contributed by atoms with Crippen LogP contribution in [0.25, 0.3) is 22.3 Å². The molecule has 0 fully saturated rings. The summed E-state index contributed by atoms with van der Waals surface area (Å²) in [6.45, 7) is 8.73. The minimum Gasteiger partial charge on any atom is -0.328 e. The van der Waals surface area contributed by atoms with Crippen molar-refractivity contribution < 1.29 is 0 Å². The van der Waals surface area contributed by atoms with Gasteiger partial charge in [-0.25, -0.2) is 4.98 Å². The number of aromatic nitrogens is 2. The minimum absolute atomic E-state index is 1.05. The Kier molecular flexibility index (Phi) is 2.89. The van der Waals surface area contributed by atoms with Crippen molar-refractivity contribution in [1.29, 1.82) is 0 Å². The summed E-state index contributed by atoms with van der Waals surface area (Å²) in [4.78, 5) is 4.53. The van der Waals surface area contributed by atoms with Crippen LogP contribution in [0.5, 0.6) is 0 Å². The second-order valence-electron chi connectivity index (χ2n) is 5.68. The Morgan fingerprint density at radius 3 is 2.25 bits per heavy atom. The van der Waals surface area contributed by atoms with Crippen LogP contribution in [0.1, 0.15) is 22.3 Å². The largest absolute Gasteiger partial charge is 0.328 e. The van der Waals surface area contributed by atoms with E-state index in [0.29, 0.717) is 0 Å². The Labute approximate surface area is 120 Å². The molecule has 2 aromatic heterocycles. The lowest BCUT2D eigenvalue weighted by Crippen LogP contribution is -1.98. The lowest BCUT2D eigenvalue weighted by atomic mass is 9.95. The van der Waals surface area contributed by atoms with Crippen molar-refractivity contribution in [1.82, 2.24) is 9.55 Å². The van der Waals surface area contributed by atoms with Gasteiger partial charge in [-0.15, -0.1) is 0 Å². The molecule has 0 saturated heterocycles. The number of nitrogens with zero attached hydrogens (tertiary/aromatic N) is 2. The molecule has 0 bridgehead atoms. The predicted molar refractivity (Wildman–Crippen MR) is 85.1 cm³/mol. The van der Waals surface area contributed by atoms with E-state index in [1.54, 1.807) is 0 Å². The van der Waals surface area contributed by atoms with E-state index in [1.165, 1.54) is 38.9 Å². The summed E-state index contributed by atoms with van der Waals surface area (Å²) in [6.07, 6.45) is 1.86. The van der Waals surface area contributed by atoms with Crippen molar-refractivity contribution in [2.24, 2.45) is 7.05 Å². The number of hydrogen-bond donors (Lipinski definition) is 0. The maximum Gasteiger partial charge on any atom is 0.140 e. The first-order chi connectivity index (χ1) is 9.50. The molecule has 3 aromatic rings. The van der Waals surface area contributed by atoms with Crippen molar-refractivity contribution in [2.45, 2.75) is 27.7 Å². The molecule has 0 N–H and O–H groups in total. The van der Waals surface area contributed by atoms with Gasteiger partial charge in [0.15, 0.2) is 0 Å². The summed E-state index contributed by atoms with van der Waals surface area (Å²) in [5, 5.41) is 1.24. The van der Waals surface area contributed by atoms with Crippen LogP contribution in [0.2, 0.25) is 0 Å². The molecular formula is C18H20N2. The van der Waals surface area contributed by atoms with E-state index >= 15 is 0 Å². The van der Waals surface area contributed by atoms with E-state index in [0.717, 1.165) is 5.65 Å². The number of rotatable bonds is 1. The Balaban J connectivity index is 2.42. The van der Waals surface area contributed by atoms with Crippen molar-refractivity contribution in [3.8, 4) is 11.3 Å². The first kappa shape index (κ1) is 12.9. The molecule has 0 spiro atoms. The first-order valence-corrected chi connectivity index (χ1v) is 6.99. The van der Waals surface area contributed by atoms with Crippen molar-refractivity contribution in [3.63, 3.8) is 0 Å². The van der Waals surface area contributed by atoms with Gasteiger partial charge in [-0.3, -0.25) is 0 Å². The lowest BCUT2D eigenvalue weighted by molar-refractivity contribution is 0.950. The van der Waals surface area contributed by atoms with Crippen molar-refractivity contribution in [2.75, 3.05) is 0 Å². The van der Waals surface area contributed by atoms with E-state index in [1.807, 2.05) is 12.3 Å². The average molecular weight is 264 g/mol. The summed E-state index contributed by atoms with van der Waals surface area (Å²) in [6, 6.07) is 8.67.